The van der Waals surface area contributed by atoms with Crippen LogP contribution in [0.3, 0.4) is 0 Å². The Bertz CT molecular complexity index is 650. The number of nitrogens with one attached hydrogen (secondary N) is 2. The second kappa shape index (κ2) is 7.89. The van der Waals surface area contributed by atoms with Crippen LogP contribution in [0, 0.1) is 6.92 Å². The quantitative estimate of drug-likeness (QED) is 0.752. The molecule has 2 amide bonds. The molecular weight excluding hydrogens is 326 g/mol. The van der Waals surface area contributed by atoms with Crippen LogP contribution >= 0.6 is 11.3 Å². The van der Waals surface area contributed by atoms with Crippen LogP contribution in [0.5, 0.6) is 5.75 Å². The average Bonchev–Trinajstić information content (AvgIpc) is 3.03. The van der Waals surface area contributed by atoms with Crippen molar-refractivity contribution in [2.75, 3.05) is 11.9 Å². The number of aliphatic hydroxyl groups excluding tert-OH is 1. The minimum absolute atomic E-state index is 0.00331. The first-order valence-electron chi connectivity index (χ1n) is 6.78. The van der Waals surface area contributed by atoms with E-state index in [2.05, 4.69) is 15.4 Å². The van der Waals surface area contributed by atoms with E-state index >= 15 is 0 Å². The summed E-state index contributed by atoms with van der Waals surface area (Å²) in [5, 5.41) is 16.8. The number of urea groups is 1. The van der Waals surface area contributed by atoms with Crippen LogP contribution in [-0.4, -0.2) is 24.3 Å². The van der Waals surface area contributed by atoms with Crippen molar-refractivity contribution in [3.05, 3.63) is 46.2 Å². The number of ether oxygens (including phenoxy) is 1. The molecule has 3 N–H and O–H groups in total. The molecule has 1 aromatic carbocycles. The Labute approximate surface area is 135 Å². The van der Waals surface area contributed by atoms with Crippen molar-refractivity contribution in [1.29, 1.82) is 0 Å². The summed E-state index contributed by atoms with van der Waals surface area (Å²) in [4.78, 5) is 12.6. The number of hydrogen-bond donors (Lipinski definition) is 3. The molecule has 1 atom stereocenters. The average molecular weight is 342 g/mol. The lowest BCUT2D eigenvalue weighted by Gasteiger charge is -2.14. The molecular formula is C15H16F2N2O3S. The van der Waals surface area contributed by atoms with E-state index in [-0.39, 0.29) is 12.3 Å². The molecule has 8 heteroatoms. The molecule has 1 aromatic heterocycles. The van der Waals surface area contributed by atoms with Crippen molar-refractivity contribution in [3.8, 4) is 5.75 Å². The molecule has 0 bridgehead atoms. The fourth-order valence-corrected chi connectivity index (χ4v) is 2.62. The minimum Gasteiger partial charge on any atom is -0.434 e. The highest BCUT2D eigenvalue weighted by molar-refractivity contribution is 7.10. The van der Waals surface area contributed by atoms with E-state index in [1.54, 1.807) is 25.1 Å². The zero-order chi connectivity index (χ0) is 16.8. The first-order chi connectivity index (χ1) is 11.0. The first kappa shape index (κ1) is 17.2. The van der Waals surface area contributed by atoms with Gasteiger partial charge < -0.3 is 20.5 Å². The Hall–Kier alpha value is -2.19. The second-order valence-corrected chi connectivity index (χ2v) is 5.65. The van der Waals surface area contributed by atoms with Gasteiger partial charge in [0.1, 0.15) is 11.9 Å². The highest BCUT2D eigenvalue weighted by Gasteiger charge is 2.13. The fourth-order valence-electron chi connectivity index (χ4n) is 1.91. The zero-order valence-electron chi connectivity index (χ0n) is 12.3. The van der Waals surface area contributed by atoms with E-state index in [1.807, 2.05) is 5.38 Å². The van der Waals surface area contributed by atoms with Crippen LogP contribution < -0.4 is 15.4 Å². The topological polar surface area (TPSA) is 70.6 Å². The van der Waals surface area contributed by atoms with Gasteiger partial charge in [-0.25, -0.2) is 4.79 Å². The van der Waals surface area contributed by atoms with Crippen molar-refractivity contribution in [1.82, 2.24) is 5.32 Å². The number of benzene rings is 1. The third-order valence-corrected chi connectivity index (χ3v) is 4.05. The van der Waals surface area contributed by atoms with Gasteiger partial charge in [0.2, 0.25) is 0 Å². The summed E-state index contributed by atoms with van der Waals surface area (Å²) < 4.78 is 29.0. The Morgan fingerprint density at radius 1 is 1.35 bits per heavy atom. The van der Waals surface area contributed by atoms with E-state index in [9.17, 15) is 18.7 Å². The number of alkyl halides is 2. The Morgan fingerprint density at radius 3 is 2.78 bits per heavy atom. The zero-order valence-corrected chi connectivity index (χ0v) is 13.1. The number of rotatable bonds is 6. The molecule has 23 heavy (non-hydrogen) atoms. The molecule has 0 saturated heterocycles. The van der Waals surface area contributed by atoms with Gasteiger partial charge in [-0.15, -0.1) is 11.3 Å². The molecule has 0 aliphatic heterocycles. The standard InChI is InChI=1S/C15H16F2N2O3S/c1-9-10(4-2-5-12(9)22-14(16)17)19-15(21)18-8-11(20)13-6-3-7-23-13/h2-7,11,14,20H,8H2,1H3,(H2,18,19,21). The Balaban J connectivity index is 1.92. The molecule has 2 rings (SSSR count). The maximum atomic E-state index is 12.3. The number of anilines is 1. The molecule has 5 nitrogen and oxygen atoms in total. The first-order valence-corrected chi connectivity index (χ1v) is 7.66. The molecule has 0 fully saturated rings. The summed E-state index contributed by atoms with van der Waals surface area (Å²) in [5.41, 5.74) is 0.744. The summed E-state index contributed by atoms with van der Waals surface area (Å²) in [6, 6.07) is 7.50. The number of aliphatic hydroxyl groups is 1. The summed E-state index contributed by atoms with van der Waals surface area (Å²) in [6.45, 7) is -1.33. The third kappa shape index (κ3) is 4.90. The molecule has 0 spiro atoms. The smallest absolute Gasteiger partial charge is 0.387 e. The second-order valence-electron chi connectivity index (χ2n) is 4.67. The number of thiophene rings is 1. The van der Waals surface area contributed by atoms with E-state index in [0.717, 1.165) is 4.88 Å². The molecule has 0 aliphatic carbocycles. The van der Waals surface area contributed by atoms with E-state index in [4.69, 9.17) is 0 Å². The largest absolute Gasteiger partial charge is 0.434 e. The molecule has 0 aliphatic rings. The summed E-state index contributed by atoms with van der Waals surface area (Å²) in [5.74, 6) is -0.00331. The number of carbonyl (C=O) groups excluding carboxylic acids is 1. The minimum atomic E-state index is -2.93. The SMILES string of the molecule is Cc1c(NC(=O)NCC(O)c2cccs2)cccc1OC(F)F. The maximum Gasteiger partial charge on any atom is 0.387 e. The van der Waals surface area contributed by atoms with E-state index < -0.39 is 18.7 Å². The van der Waals surface area contributed by atoms with Crippen LogP contribution in [0.15, 0.2) is 35.7 Å². The van der Waals surface area contributed by atoms with Crippen LogP contribution in [0.2, 0.25) is 0 Å². The van der Waals surface area contributed by atoms with Crippen molar-refractivity contribution in [3.63, 3.8) is 0 Å². The Kier molecular flexibility index (Phi) is 5.89. The lowest BCUT2D eigenvalue weighted by molar-refractivity contribution is -0.0502. The summed E-state index contributed by atoms with van der Waals surface area (Å²) in [7, 11) is 0. The van der Waals surface area contributed by atoms with E-state index in [0.29, 0.717) is 11.3 Å². The normalized spacial score (nSPS) is 12.0. The highest BCUT2D eigenvalue weighted by atomic mass is 32.1. The predicted molar refractivity (Wildman–Crippen MR) is 84.1 cm³/mol. The molecule has 0 radical (unpaired) electrons. The fraction of sp³-hybridized carbons (Fsp3) is 0.267. The number of hydrogen-bond acceptors (Lipinski definition) is 4. The summed E-state index contributed by atoms with van der Waals surface area (Å²) >= 11 is 1.39. The van der Waals surface area contributed by atoms with Crippen LogP contribution in [-0.2, 0) is 0 Å². The molecule has 2 aromatic rings. The molecule has 1 unspecified atom stereocenters. The van der Waals surface area contributed by atoms with Gasteiger partial charge >= 0.3 is 12.6 Å². The third-order valence-electron chi connectivity index (χ3n) is 3.08. The van der Waals surface area contributed by atoms with Gasteiger partial charge in [0.25, 0.3) is 0 Å². The van der Waals surface area contributed by atoms with Crippen molar-refractivity contribution >= 4 is 23.1 Å². The van der Waals surface area contributed by atoms with Gasteiger partial charge in [-0.05, 0) is 30.5 Å². The van der Waals surface area contributed by atoms with Gasteiger partial charge in [0.05, 0.1) is 6.54 Å². The van der Waals surface area contributed by atoms with Gasteiger partial charge in [0.15, 0.2) is 0 Å². The number of carbonyl (C=O) groups is 1. The Morgan fingerprint density at radius 2 is 2.13 bits per heavy atom. The lowest BCUT2D eigenvalue weighted by atomic mass is 10.2. The van der Waals surface area contributed by atoms with Crippen molar-refractivity contribution in [2.24, 2.45) is 0 Å². The lowest BCUT2D eigenvalue weighted by Crippen LogP contribution is -2.32. The van der Waals surface area contributed by atoms with Gasteiger partial charge in [-0.1, -0.05) is 12.1 Å². The molecule has 1 heterocycles. The van der Waals surface area contributed by atoms with Crippen molar-refractivity contribution < 1.29 is 23.4 Å². The summed E-state index contributed by atoms with van der Waals surface area (Å²) in [6.07, 6.45) is -0.796. The predicted octanol–water partition coefficient (Wildman–Crippen LogP) is 3.51. The van der Waals surface area contributed by atoms with Gasteiger partial charge in [-0.3, -0.25) is 0 Å². The van der Waals surface area contributed by atoms with Crippen LogP contribution in [0.4, 0.5) is 19.3 Å². The van der Waals surface area contributed by atoms with Crippen molar-refractivity contribution in [2.45, 2.75) is 19.6 Å². The maximum absolute atomic E-state index is 12.3. The van der Waals surface area contributed by atoms with Gasteiger partial charge in [0, 0.05) is 16.1 Å². The number of amides is 2. The van der Waals surface area contributed by atoms with Gasteiger partial charge in [-0.2, -0.15) is 8.78 Å². The molecule has 124 valence electrons. The van der Waals surface area contributed by atoms with E-state index in [1.165, 1.54) is 23.5 Å². The molecule has 0 saturated carbocycles. The van der Waals surface area contributed by atoms with Crippen LogP contribution in [0.25, 0.3) is 0 Å². The highest BCUT2D eigenvalue weighted by Crippen LogP contribution is 2.26. The monoisotopic (exact) mass is 342 g/mol. The number of halogens is 2. The van der Waals surface area contributed by atoms with Crippen LogP contribution in [0.1, 0.15) is 16.5 Å².